The number of hydrogen-bond acceptors (Lipinski definition) is 5. The molecule has 2 saturated heterocycles. The fourth-order valence-electron chi connectivity index (χ4n) is 3.30. The molecular weight excluding hydrogens is 306 g/mol. The summed E-state index contributed by atoms with van der Waals surface area (Å²) in [6.07, 6.45) is 6.21. The third-order valence-electron chi connectivity index (χ3n) is 4.98. The van der Waals surface area contributed by atoms with Crippen LogP contribution in [0.25, 0.3) is 0 Å². The van der Waals surface area contributed by atoms with Gasteiger partial charge in [0.05, 0.1) is 23.6 Å². The van der Waals surface area contributed by atoms with Crippen molar-refractivity contribution in [3.8, 4) is 0 Å². The second kappa shape index (κ2) is 5.19. The Hall–Kier alpha value is -2.64. The molecule has 0 bridgehead atoms. The van der Waals surface area contributed by atoms with Crippen LogP contribution in [0, 0.1) is 0 Å². The Morgan fingerprint density at radius 1 is 1.17 bits per heavy atom. The Kier molecular flexibility index (Phi) is 2.97. The van der Waals surface area contributed by atoms with Gasteiger partial charge in [-0.25, -0.2) is 4.79 Å². The summed E-state index contributed by atoms with van der Waals surface area (Å²) in [5, 5.41) is 15.9. The maximum absolute atomic E-state index is 11.7. The number of urea groups is 1. The molecule has 1 N–H and O–H groups in total. The number of carbonyl (C=O) groups excluding carboxylic acids is 1. The summed E-state index contributed by atoms with van der Waals surface area (Å²) in [5.74, 6) is 1.57. The Balaban J connectivity index is 1.23. The monoisotopic (exact) mass is 325 g/mol. The molecule has 2 aromatic rings. The number of rotatable bonds is 4. The van der Waals surface area contributed by atoms with Gasteiger partial charge in [0, 0.05) is 38.3 Å². The minimum atomic E-state index is -0.0455. The van der Waals surface area contributed by atoms with E-state index < -0.39 is 0 Å². The van der Waals surface area contributed by atoms with E-state index in [9.17, 15) is 4.79 Å². The van der Waals surface area contributed by atoms with Gasteiger partial charge in [0.25, 0.3) is 0 Å². The topological polar surface area (TPSA) is 79.2 Å². The van der Waals surface area contributed by atoms with Crippen LogP contribution in [-0.2, 0) is 0 Å². The number of carbonyl (C=O) groups is 1. The SMILES string of the molecule is O=C1NCCN1c1cnn(C2CN(c3ccc(C4CC4)nn3)C2)c1. The molecule has 0 spiro atoms. The lowest BCUT2D eigenvalue weighted by molar-refractivity contribution is 0.252. The molecular formula is C16H19N7O. The molecule has 1 aliphatic carbocycles. The smallest absolute Gasteiger partial charge is 0.322 e. The number of hydrogen-bond donors (Lipinski definition) is 1. The highest BCUT2D eigenvalue weighted by molar-refractivity contribution is 5.93. The Morgan fingerprint density at radius 2 is 2.04 bits per heavy atom. The maximum atomic E-state index is 11.7. The molecule has 1 saturated carbocycles. The van der Waals surface area contributed by atoms with Crippen LogP contribution in [0.3, 0.4) is 0 Å². The molecule has 0 aromatic carbocycles. The van der Waals surface area contributed by atoms with E-state index in [-0.39, 0.29) is 6.03 Å². The second-order valence-electron chi connectivity index (χ2n) is 6.71. The predicted molar refractivity (Wildman–Crippen MR) is 88.2 cm³/mol. The first-order chi connectivity index (χ1) is 11.8. The van der Waals surface area contributed by atoms with Gasteiger partial charge in [-0.15, -0.1) is 5.10 Å². The number of aromatic nitrogens is 4. The predicted octanol–water partition coefficient (Wildman–Crippen LogP) is 1.14. The van der Waals surface area contributed by atoms with Crippen molar-refractivity contribution in [2.45, 2.75) is 24.8 Å². The highest BCUT2D eigenvalue weighted by Gasteiger charge is 2.32. The van der Waals surface area contributed by atoms with Crippen molar-refractivity contribution in [2.24, 2.45) is 0 Å². The zero-order valence-electron chi connectivity index (χ0n) is 13.3. The van der Waals surface area contributed by atoms with E-state index in [1.165, 1.54) is 12.8 Å². The standard InChI is InChI=1S/C16H19N7O/c24-16-17-5-6-22(16)12-7-18-23(10-12)13-8-21(9-13)15-4-3-14(19-20-15)11-1-2-11/h3-4,7,10-11,13H,1-2,5-6,8-9H2,(H,17,24). The summed E-state index contributed by atoms with van der Waals surface area (Å²) in [4.78, 5) is 15.6. The molecule has 124 valence electrons. The van der Waals surface area contributed by atoms with Gasteiger partial charge in [-0.05, 0) is 25.0 Å². The minimum absolute atomic E-state index is 0.0455. The van der Waals surface area contributed by atoms with Crippen molar-refractivity contribution < 1.29 is 4.79 Å². The Bertz CT molecular complexity index is 761. The first kappa shape index (κ1) is 13.8. The summed E-state index contributed by atoms with van der Waals surface area (Å²) < 4.78 is 1.95. The number of nitrogens with zero attached hydrogens (tertiary/aromatic N) is 6. The van der Waals surface area contributed by atoms with Crippen molar-refractivity contribution in [3.05, 3.63) is 30.2 Å². The van der Waals surface area contributed by atoms with E-state index in [2.05, 4.69) is 37.6 Å². The van der Waals surface area contributed by atoms with Crippen LogP contribution in [0.15, 0.2) is 24.5 Å². The normalized spacial score (nSPS) is 21.1. The molecule has 2 aliphatic heterocycles. The summed E-state index contributed by atoms with van der Waals surface area (Å²) in [7, 11) is 0. The first-order valence-corrected chi connectivity index (χ1v) is 8.46. The molecule has 5 rings (SSSR count). The average Bonchev–Trinajstić information content (AvgIpc) is 3.15. The van der Waals surface area contributed by atoms with E-state index in [1.807, 2.05) is 10.9 Å². The van der Waals surface area contributed by atoms with Crippen molar-refractivity contribution in [1.29, 1.82) is 0 Å². The average molecular weight is 325 g/mol. The second-order valence-corrected chi connectivity index (χ2v) is 6.71. The van der Waals surface area contributed by atoms with Crippen LogP contribution in [0.5, 0.6) is 0 Å². The highest BCUT2D eigenvalue weighted by atomic mass is 16.2. The summed E-state index contributed by atoms with van der Waals surface area (Å²) in [6, 6.07) is 4.44. The molecule has 2 aromatic heterocycles. The van der Waals surface area contributed by atoms with Gasteiger partial charge in [-0.2, -0.15) is 10.2 Å². The van der Waals surface area contributed by atoms with Crippen molar-refractivity contribution in [3.63, 3.8) is 0 Å². The zero-order valence-corrected chi connectivity index (χ0v) is 13.3. The fraction of sp³-hybridized carbons (Fsp3) is 0.500. The molecule has 4 heterocycles. The fourth-order valence-corrected chi connectivity index (χ4v) is 3.30. The maximum Gasteiger partial charge on any atom is 0.322 e. The Labute approximate surface area is 139 Å². The quantitative estimate of drug-likeness (QED) is 0.912. The van der Waals surface area contributed by atoms with E-state index in [0.29, 0.717) is 25.0 Å². The molecule has 24 heavy (non-hydrogen) atoms. The number of anilines is 2. The summed E-state index contributed by atoms with van der Waals surface area (Å²) >= 11 is 0. The number of nitrogens with one attached hydrogen (secondary N) is 1. The van der Waals surface area contributed by atoms with Gasteiger partial charge in [0.15, 0.2) is 5.82 Å². The largest absolute Gasteiger partial charge is 0.351 e. The van der Waals surface area contributed by atoms with Crippen LogP contribution in [0.1, 0.15) is 30.5 Å². The molecule has 3 aliphatic rings. The highest BCUT2D eigenvalue weighted by Crippen LogP contribution is 2.39. The van der Waals surface area contributed by atoms with Crippen LogP contribution in [0.2, 0.25) is 0 Å². The zero-order chi connectivity index (χ0) is 16.1. The van der Waals surface area contributed by atoms with Crippen molar-refractivity contribution in [1.82, 2.24) is 25.3 Å². The third kappa shape index (κ3) is 2.29. The molecule has 2 amide bonds. The lowest BCUT2D eigenvalue weighted by Gasteiger charge is -2.39. The van der Waals surface area contributed by atoms with Gasteiger partial charge in [0.1, 0.15) is 0 Å². The minimum Gasteiger partial charge on any atom is -0.351 e. The van der Waals surface area contributed by atoms with Gasteiger partial charge < -0.3 is 10.2 Å². The van der Waals surface area contributed by atoms with Crippen LogP contribution in [0.4, 0.5) is 16.3 Å². The van der Waals surface area contributed by atoms with Gasteiger partial charge in [0.2, 0.25) is 0 Å². The van der Waals surface area contributed by atoms with Gasteiger partial charge >= 0.3 is 6.03 Å². The van der Waals surface area contributed by atoms with E-state index in [4.69, 9.17) is 0 Å². The van der Waals surface area contributed by atoms with Crippen LogP contribution < -0.4 is 15.1 Å². The number of amides is 2. The van der Waals surface area contributed by atoms with E-state index in [0.717, 1.165) is 30.3 Å². The molecule has 8 heteroatoms. The first-order valence-electron chi connectivity index (χ1n) is 8.46. The van der Waals surface area contributed by atoms with E-state index in [1.54, 1.807) is 11.1 Å². The lowest BCUT2D eigenvalue weighted by atomic mass is 10.1. The molecule has 3 fully saturated rings. The molecule has 0 unspecified atom stereocenters. The van der Waals surface area contributed by atoms with Crippen molar-refractivity contribution >= 4 is 17.5 Å². The molecule has 0 radical (unpaired) electrons. The van der Waals surface area contributed by atoms with Gasteiger partial charge in [-0.3, -0.25) is 9.58 Å². The van der Waals surface area contributed by atoms with Crippen molar-refractivity contribution in [2.75, 3.05) is 36.0 Å². The van der Waals surface area contributed by atoms with Gasteiger partial charge in [-0.1, -0.05) is 0 Å². The van der Waals surface area contributed by atoms with Crippen LogP contribution >= 0.6 is 0 Å². The van der Waals surface area contributed by atoms with E-state index >= 15 is 0 Å². The summed E-state index contributed by atoms with van der Waals surface area (Å²) in [6.45, 7) is 3.12. The molecule has 8 nitrogen and oxygen atoms in total. The summed E-state index contributed by atoms with van der Waals surface area (Å²) in [5.41, 5.74) is 1.98. The Morgan fingerprint density at radius 3 is 2.71 bits per heavy atom. The lowest BCUT2D eigenvalue weighted by Crippen LogP contribution is -2.48. The van der Waals surface area contributed by atoms with Crippen LogP contribution in [-0.4, -0.2) is 52.2 Å². The molecule has 0 atom stereocenters. The third-order valence-corrected chi connectivity index (χ3v) is 4.98.